The van der Waals surface area contributed by atoms with E-state index >= 15 is 0 Å². The maximum Gasteiger partial charge on any atom is 0.253 e. The molecule has 1 heterocycles. The third kappa shape index (κ3) is 4.30. The number of carbonyl (C=O) groups excluding carboxylic acids is 1. The van der Waals surface area contributed by atoms with Gasteiger partial charge in [0, 0.05) is 43.3 Å². The predicted molar refractivity (Wildman–Crippen MR) is 78.4 cm³/mol. The van der Waals surface area contributed by atoms with Crippen LogP contribution in [0.2, 0.25) is 0 Å². The zero-order valence-corrected chi connectivity index (χ0v) is 12.7. The van der Waals surface area contributed by atoms with E-state index in [1.165, 1.54) is 0 Å². The summed E-state index contributed by atoms with van der Waals surface area (Å²) in [5, 5.41) is 0. The topological polar surface area (TPSA) is 32.8 Å². The van der Waals surface area contributed by atoms with Crippen LogP contribution >= 0.6 is 15.9 Å². The van der Waals surface area contributed by atoms with Crippen molar-refractivity contribution in [2.24, 2.45) is 0 Å². The highest BCUT2D eigenvalue weighted by molar-refractivity contribution is 9.10. The van der Waals surface area contributed by atoms with Crippen LogP contribution in [0.5, 0.6) is 0 Å². The Morgan fingerprint density at radius 3 is 2.58 bits per heavy atom. The molecule has 104 valence electrons. The number of rotatable bonds is 4. The van der Waals surface area contributed by atoms with Crippen LogP contribution in [-0.2, 0) is 4.74 Å². The minimum Gasteiger partial charge on any atom is -0.379 e. The lowest BCUT2D eigenvalue weighted by atomic mass is 10.2. The van der Waals surface area contributed by atoms with Crippen molar-refractivity contribution in [1.82, 2.24) is 9.80 Å². The van der Waals surface area contributed by atoms with Crippen LogP contribution in [0.1, 0.15) is 10.4 Å². The largest absolute Gasteiger partial charge is 0.379 e. The number of hydrogen-bond donors (Lipinski definition) is 0. The standard InChI is InChI=1S/C14H19BrN2O2/c1-16(6-7-17-8-10-19-11-9-17)14(18)12-2-4-13(15)5-3-12/h2-5H,6-11H2,1H3. The molecular formula is C14H19BrN2O2. The lowest BCUT2D eigenvalue weighted by molar-refractivity contribution is 0.0338. The second-order valence-electron chi connectivity index (χ2n) is 4.69. The van der Waals surface area contributed by atoms with E-state index in [0.717, 1.165) is 49.4 Å². The van der Waals surface area contributed by atoms with Gasteiger partial charge in [0.15, 0.2) is 0 Å². The van der Waals surface area contributed by atoms with E-state index in [9.17, 15) is 4.79 Å². The smallest absolute Gasteiger partial charge is 0.253 e. The summed E-state index contributed by atoms with van der Waals surface area (Å²) in [6.07, 6.45) is 0. The van der Waals surface area contributed by atoms with Crippen LogP contribution in [0, 0.1) is 0 Å². The first kappa shape index (κ1) is 14.5. The Bertz CT molecular complexity index is 416. The molecule has 0 saturated carbocycles. The molecule has 19 heavy (non-hydrogen) atoms. The molecule has 0 spiro atoms. The highest BCUT2D eigenvalue weighted by atomic mass is 79.9. The van der Waals surface area contributed by atoms with Crippen molar-refractivity contribution in [3.63, 3.8) is 0 Å². The second kappa shape index (κ2) is 7.03. The molecule has 1 amide bonds. The van der Waals surface area contributed by atoms with Crippen LogP contribution in [0.3, 0.4) is 0 Å². The number of ether oxygens (including phenoxy) is 1. The quantitative estimate of drug-likeness (QED) is 0.846. The van der Waals surface area contributed by atoms with E-state index in [1.807, 2.05) is 31.3 Å². The SMILES string of the molecule is CN(CCN1CCOCC1)C(=O)c1ccc(Br)cc1. The van der Waals surface area contributed by atoms with E-state index in [-0.39, 0.29) is 5.91 Å². The number of nitrogens with zero attached hydrogens (tertiary/aromatic N) is 2. The van der Waals surface area contributed by atoms with Gasteiger partial charge in [-0.25, -0.2) is 0 Å². The van der Waals surface area contributed by atoms with Gasteiger partial charge in [0.25, 0.3) is 5.91 Å². The lowest BCUT2D eigenvalue weighted by Gasteiger charge is -2.28. The summed E-state index contributed by atoms with van der Waals surface area (Å²) in [5.74, 6) is 0.0701. The van der Waals surface area contributed by atoms with Crippen molar-refractivity contribution in [2.45, 2.75) is 0 Å². The maximum atomic E-state index is 12.2. The highest BCUT2D eigenvalue weighted by Gasteiger charge is 2.14. The number of hydrogen-bond acceptors (Lipinski definition) is 3. The third-order valence-corrected chi connectivity index (χ3v) is 3.82. The monoisotopic (exact) mass is 326 g/mol. The predicted octanol–water partition coefficient (Wildman–Crippen LogP) is 1.85. The molecule has 4 nitrogen and oxygen atoms in total. The van der Waals surface area contributed by atoms with Crippen LogP contribution in [0.15, 0.2) is 28.7 Å². The summed E-state index contributed by atoms with van der Waals surface area (Å²) in [5.41, 5.74) is 0.729. The van der Waals surface area contributed by atoms with Gasteiger partial charge in [-0.2, -0.15) is 0 Å². The summed E-state index contributed by atoms with van der Waals surface area (Å²) in [6.45, 7) is 5.16. The minimum absolute atomic E-state index is 0.0701. The fraction of sp³-hybridized carbons (Fsp3) is 0.500. The average molecular weight is 327 g/mol. The Labute approximate surface area is 122 Å². The van der Waals surface area contributed by atoms with Gasteiger partial charge in [-0.15, -0.1) is 0 Å². The van der Waals surface area contributed by atoms with E-state index in [4.69, 9.17) is 4.74 Å². The molecule has 0 N–H and O–H groups in total. The fourth-order valence-corrected chi connectivity index (χ4v) is 2.29. The zero-order valence-electron chi connectivity index (χ0n) is 11.1. The van der Waals surface area contributed by atoms with Crippen molar-refractivity contribution >= 4 is 21.8 Å². The number of carbonyl (C=O) groups is 1. The first-order valence-corrected chi connectivity index (χ1v) is 7.27. The number of benzene rings is 1. The zero-order chi connectivity index (χ0) is 13.7. The number of halogens is 1. The van der Waals surface area contributed by atoms with E-state index < -0.39 is 0 Å². The summed E-state index contributed by atoms with van der Waals surface area (Å²) in [6, 6.07) is 7.47. The van der Waals surface area contributed by atoms with Crippen molar-refractivity contribution in [2.75, 3.05) is 46.4 Å². The van der Waals surface area contributed by atoms with E-state index in [2.05, 4.69) is 20.8 Å². The summed E-state index contributed by atoms with van der Waals surface area (Å²) >= 11 is 3.37. The van der Waals surface area contributed by atoms with Crippen molar-refractivity contribution in [3.8, 4) is 0 Å². The Kier molecular flexibility index (Phi) is 5.36. The van der Waals surface area contributed by atoms with Gasteiger partial charge in [-0.3, -0.25) is 9.69 Å². The molecule has 1 fully saturated rings. The molecule has 1 aromatic rings. The maximum absolute atomic E-state index is 12.2. The van der Waals surface area contributed by atoms with Gasteiger partial charge in [0.2, 0.25) is 0 Å². The Balaban J connectivity index is 1.83. The van der Waals surface area contributed by atoms with Gasteiger partial charge in [-0.1, -0.05) is 15.9 Å². The fourth-order valence-electron chi connectivity index (χ4n) is 2.03. The van der Waals surface area contributed by atoms with Crippen LogP contribution in [0.4, 0.5) is 0 Å². The molecule has 0 aromatic heterocycles. The van der Waals surface area contributed by atoms with Crippen molar-refractivity contribution in [3.05, 3.63) is 34.3 Å². The van der Waals surface area contributed by atoms with Gasteiger partial charge in [0.1, 0.15) is 0 Å². The van der Waals surface area contributed by atoms with Gasteiger partial charge >= 0.3 is 0 Å². The number of amides is 1. The molecule has 2 rings (SSSR count). The van der Waals surface area contributed by atoms with Crippen molar-refractivity contribution in [1.29, 1.82) is 0 Å². The van der Waals surface area contributed by atoms with Gasteiger partial charge in [-0.05, 0) is 24.3 Å². The highest BCUT2D eigenvalue weighted by Crippen LogP contribution is 2.12. The first-order valence-electron chi connectivity index (χ1n) is 6.48. The Morgan fingerprint density at radius 1 is 1.32 bits per heavy atom. The molecule has 1 aliphatic rings. The molecular weight excluding hydrogens is 308 g/mol. The summed E-state index contributed by atoms with van der Waals surface area (Å²) < 4.78 is 6.29. The van der Waals surface area contributed by atoms with Crippen LogP contribution < -0.4 is 0 Å². The summed E-state index contributed by atoms with van der Waals surface area (Å²) in [4.78, 5) is 16.3. The van der Waals surface area contributed by atoms with Crippen LogP contribution in [-0.4, -0.2) is 62.1 Å². The normalized spacial score (nSPS) is 16.3. The first-order chi connectivity index (χ1) is 9.16. The van der Waals surface area contributed by atoms with Crippen molar-refractivity contribution < 1.29 is 9.53 Å². The Morgan fingerprint density at radius 2 is 1.95 bits per heavy atom. The molecule has 0 radical (unpaired) electrons. The second-order valence-corrected chi connectivity index (χ2v) is 5.60. The molecule has 0 atom stereocenters. The molecule has 0 aliphatic carbocycles. The molecule has 1 aliphatic heterocycles. The molecule has 5 heteroatoms. The van der Waals surface area contributed by atoms with E-state index in [1.54, 1.807) is 4.90 Å². The summed E-state index contributed by atoms with van der Waals surface area (Å²) in [7, 11) is 1.85. The number of likely N-dealkylation sites (N-methyl/N-ethyl adjacent to an activating group) is 1. The minimum atomic E-state index is 0.0701. The molecule has 1 saturated heterocycles. The molecule has 0 unspecified atom stereocenters. The average Bonchev–Trinajstić information content (AvgIpc) is 2.46. The third-order valence-electron chi connectivity index (χ3n) is 3.29. The molecule has 0 bridgehead atoms. The van der Waals surface area contributed by atoms with Crippen LogP contribution in [0.25, 0.3) is 0 Å². The Hall–Kier alpha value is -0.910. The van der Waals surface area contributed by atoms with Gasteiger partial charge in [0.05, 0.1) is 13.2 Å². The number of morpholine rings is 1. The van der Waals surface area contributed by atoms with E-state index in [0.29, 0.717) is 0 Å². The lowest BCUT2D eigenvalue weighted by Crippen LogP contribution is -2.41. The molecule has 1 aromatic carbocycles. The van der Waals surface area contributed by atoms with Gasteiger partial charge < -0.3 is 9.64 Å².